The van der Waals surface area contributed by atoms with Crippen LogP contribution in [-0.2, 0) is 11.3 Å². The van der Waals surface area contributed by atoms with Crippen LogP contribution in [0.1, 0.15) is 12.5 Å². The number of anilines is 1. The molecule has 5 nitrogen and oxygen atoms in total. The van der Waals surface area contributed by atoms with E-state index < -0.39 is 0 Å². The summed E-state index contributed by atoms with van der Waals surface area (Å²) in [5, 5.41) is 12.9. The van der Waals surface area contributed by atoms with E-state index in [-0.39, 0.29) is 11.7 Å². The van der Waals surface area contributed by atoms with E-state index in [0.717, 1.165) is 11.4 Å². The van der Waals surface area contributed by atoms with Crippen LogP contribution in [0.5, 0.6) is 0 Å². The number of amides is 1. The molecule has 3 aromatic rings. The number of nitrogens with zero attached hydrogens (tertiary/aromatic N) is 3. The molecule has 140 valence electrons. The van der Waals surface area contributed by atoms with Crippen LogP contribution in [0.15, 0.2) is 47.6 Å². The predicted octanol–water partition coefficient (Wildman–Crippen LogP) is 5.31. The largest absolute Gasteiger partial charge is 0.325 e. The number of hydrogen-bond acceptors (Lipinski definition) is 4. The van der Waals surface area contributed by atoms with Gasteiger partial charge >= 0.3 is 0 Å². The van der Waals surface area contributed by atoms with Crippen molar-refractivity contribution < 1.29 is 4.79 Å². The van der Waals surface area contributed by atoms with Gasteiger partial charge in [-0.1, -0.05) is 64.8 Å². The summed E-state index contributed by atoms with van der Waals surface area (Å²) in [6.07, 6.45) is 0. The van der Waals surface area contributed by atoms with E-state index in [4.69, 9.17) is 23.2 Å². The zero-order valence-electron chi connectivity index (χ0n) is 14.9. The molecular weight excluding hydrogens is 403 g/mol. The Morgan fingerprint density at radius 3 is 2.52 bits per heavy atom. The molecule has 1 aromatic heterocycles. The zero-order valence-corrected chi connectivity index (χ0v) is 17.2. The lowest BCUT2D eigenvalue weighted by Crippen LogP contribution is -2.14. The van der Waals surface area contributed by atoms with Crippen molar-refractivity contribution in [3.63, 3.8) is 0 Å². The minimum atomic E-state index is -0.152. The van der Waals surface area contributed by atoms with Gasteiger partial charge in [-0.25, -0.2) is 0 Å². The molecule has 1 N–H and O–H groups in total. The molecule has 2 aromatic carbocycles. The van der Waals surface area contributed by atoms with Crippen LogP contribution in [0.25, 0.3) is 11.4 Å². The third-order valence-electron chi connectivity index (χ3n) is 3.88. The number of halogens is 2. The van der Waals surface area contributed by atoms with Crippen LogP contribution in [0, 0.1) is 6.92 Å². The van der Waals surface area contributed by atoms with Crippen molar-refractivity contribution in [1.29, 1.82) is 0 Å². The van der Waals surface area contributed by atoms with E-state index in [1.807, 2.05) is 42.7 Å². The number of rotatable bonds is 6. The second-order valence-electron chi connectivity index (χ2n) is 5.88. The van der Waals surface area contributed by atoms with Gasteiger partial charge in [0, 0.05) is 17.8 Å². The number of carbonyl (C=O) groups excluding carboxylic acids is 1. The lowest BCUT2D eigenvalue weighted by molar-refractivity contribution is -0.113. The van der Waals surface area contributed by atoms with Crippen LogP contribution in [-0.4, -0.2) is 26.4 Å². The van der Waals surface area contributed by atoms with Crippen LogP contribution >= 0.6 is 35.0 Å². The minimum Gasteiger partial charge on any atom is -0.325 e. The fourth-order valence-corrected chi connectivity index (χ4v) is 3.60. The molecule has 0 saturated carbocycles. The van der Waals surface area contributed by atoms with Gasteiger partial charge in [0.1, 0.15) is 0 Å². The van der Waals surface area contributed by atoms with E-state index in [1.54, 1.807) is 18.2 Å². The molecule has 0 radical (unpaired) electrons. The van der Waals surface area contributed by atoms with Gasteiger partial charge < -0.3 is 9.88 Å². The molecule has 0 spiro atoms. The monoisotopic (exact) mass is 420 g/mol. The summed E-state index contributed by atoms with van der Waals surface area (Å²) in [6.45, 7) is 4.79. The molecule has 1 amide bonds. The lowest BCUT2D eigenvalue weighted by atomic mass is 10.1. The molecule has 0 atom stereocenters. The molecule has 0 aliphatic rings. The van der Waals surface area contributed by atoms with Crippen LogP contribution in [0.3, 0.4) is 0 Å². The van der Waals surface area contributed by atoms with E-state index in [9.17, 15) is 4.79 Å². The number of benzene rings is 2. The van der Waals surface area contributed by atoms with Gasteiger partial charge in [0.05, 0.1) is 15.8 Å². The highest BCUT2D eigenvalue weighted by molar-refractivity contribution is 7.99. The number of thioether (sulfide) groups is 1. The van der Waals surface area contributed by atoms with Crippen molar-refractivity contribution in [2.75, 3.05) is 11.1 Å². The molecule has 27 heavy (non-hydrogen) atoms. The fraction of sp³-hybridized carbons (Fsp3) is 0.211. The van der Waals surface area contributed by atoms with Crippen molar-refractivity contribution in [3.05, 3.63) is 58.1 Å². The highest BCUT2D eigenvalue weighted by Gasteiger charge is 2.14. The maximum absolute atomic E-state index is 12.2. The van der Waals surface area contributed by atoms with Gasteiger partial charge in [-0.15, -0.1) is 10.2 Å². The third-order valence-corrected chi connectivity index (χ3v) is 5.58. The van der Waals surface area contributed by atoms with Gasteiger partial charge in [-0.2, -0.15) is 0 Å². The Balaban J connectivity index is 1.68. The summed E-state index contributed by atoms with van der Waals surface area (Å²) in [7, 11) is 0. The van der Waals surface area contributed by atoms with Crippen LogP contribution in [0.4, 0.5) is 5.69 Å². The molecule has 0 fully saturated rings. The Labute approximate surface area is 172 Å². The van der Waals surface area contributed by atoms with E-state index in [0.29, 0.717) is 27.4 Å². The molecule has 1 heterocycles. The topological polar surface area (TPSA) is 59.8 Å². The molecule has 0 aliphatic heterocycles. The lowest BCUT2D eigenvalue weighted by Gasteiger charge is -2.08. The quantitative estimate of drug-likeness (QED) is 0.548. The molecule has 0 unspecified atom stereocenters. The van der Waals surface area contributed by atoms with Gasteiger partial charge in [0.25, 0.3) is 0 Å². The number of aromatic nitrogens is 3. The van der Waals surface area contributed by atoms with E-state index in [1.165, 1.54) is 17.3 Å². The number of aryl methyl sites for hydroxylation is 1. The standard InChI is InChI=1S/C19H18Cl2N4OS/c1-3-25-18(13-6-4-12(2)5-7-13)23-24-19(25)27-11-17(26)22-14-8-9-15(20)16(21)10-14/h4-10H,3,11H2,1-2H3,(H,22,26). The highest BCUT2D eigenvalue weighted by Crippen LogP contribution is 2.26. The normalized spacial score (nSPS) is 10.8. The Hall–Kier alpha value is -2.02. The molecule has 3 rings (SSSR count). The molecule has 0 aliphatic carbocycles. The molecule has 0 bridgehead atoms. The average Bonchev–Trinajstić information content (AvgIpc) is 3.06. The maximum Gasteiger partial charge on any atom is 0.234 e. The summed E-state index contributed by atoms with van der Waals surface area (Å²) in [4.78, 5) is 12.2. The van der Waals surface area contributed by atoms with Crippen molar-refractivity contribution in [2.45, 2.75) is 25.5 Å². The van der Waals surface area contributed by atoms with Gasteiger partial charge in [-0.05, 0) is 32.0 Å². The Morgan fingerprint density at radius 1 is 1.11 bits per heavy atom. The highest BCUT2D eigenvalue weighted by atomic mass is 35.5. The molecular formula is C19H18Cl2N4OS. The fourth-order valence-electron chi connectivity index (χ4n) is 2.50. The first-order valence-electron chi connectivity index (χ1n) is 8.36. The van der Waals surface area contributed by atoms with Crippen molar-refractivity contribution in [3.8, 4) is 11.4 Å². The average molecular weight is 421 g/mol. The summed E-state index contributed by atoms with van der Waals surface area (Å²) in [5.41, 5.74) is 2.80. The summed E-state index contributed by atoms with van der Waals surface area (Å²) < 4.78 is 2.00. The van der Waals surface area contributed by atoms with Gasteiger partial charge in [0.2, 0.25) is 5.91 Å². The number of hydrogen-bond donors (Lipinski definition) is 1. The minimum absolute atomic E-state index is 0.152. The van der Waals surface area contributed by atoms with Crippen molar-refractivity contribution >= 4 is 46.6 Å². The third kappa shape index (κ3) is 4.83. The summed E-state index contributed by atoms with van der Waals surface area (Å²) in [5.74, 6) is 0.859. The predicted molar refractivity (Wildman–Crippen MR) is 112 cm³/mol. The van der Waals surface area contributed by atoms with Crippen molar-refractivity contribution in [2.24, 2.45) is 0 Å². The number of carbonyl (C=O) groups is 1. The zero-order chi connectivity index (χ0) is 19.4. The first kappa shape index (κ1) is 19.7. The second kappa shape index (κ2) is 8.78. The van der Waals surface area contributed by atoms with E-state index in [2.05, 4.69) is 15.5 Å². The Kier molecular flexibility index (Phi) is 6.42. The number of nitrogens with one attached hydrogen (secondary N) is 1. The van der Waals surface area contributed by atoms with Crippen LogP contribution < -0.4 is 5.32 Å². The summed E-state index contributed by atoms with van der Waals surface area (Å²) >= 11 is 13.2. The second-order valence-corrected chi connectivity index (χ2v) is 7.64. The molecule has 0 saturated heterocycles. The van der Waals surface area contributed by atoms with Gasteiger partial charge in [0.15, 0.2) is 11.0 Å². The maximum atomic E-state index is 12.2. The van der Waals surface area contributed by atoms with Crippen LogP contribution in [0.2, 0.25) is 10.0 Å². The molecule has 8 heteroatoms. The SMILES string of the molecule is CCn1c(SCC(=O)Nc2ccc(Cl)c(Cl)c2)nnc1-c1ccc(C)cc1. The Bertz CT molecular complexity index is 957. The van der Waals surface area contributed by atoms with E-state index >= 15 is 0 Å². The van der Waals surface area contributed by atoms with Gasteiger partial charge in [-0.3, -0.25) is 4.79 Å². The van der Waals surface area contributed by atoms with Crippen molar-refractivity contribution in [1.82, 2.24) is 14.8 Å². The Morgan fingerprint density at radius 2 is 1.85 bits per heavy atom. The first-order chi connectivity index (χ1) is 13.0. The smallest absolute Gasteiger partial charge is 0.234 e. The summed E-state index contributed by atoms with van der Waals surface area (Å²) in [6, 6.07) is 13.1. The first-order valence-corrected chi connectivity index (χ1v) is 10.1.